The molecule has 26 heavy (non-hydrogen) atoms. The number of aliphatic hydroxyl groups is 1. The number of likely N-dealkylation sites (tertiary alicyclic amines) is 1. The van der Waals surface area contributed by atoms with Crippen molar-refractivity contribution in [1.29, 1.82) is 0 Å². The molecular weight excluding hydrogens is 358 g/mol. The monoisotopic (exact) mass is 379 g/mol. The Morgan fingerprint density at radius 3 is 2.27 bits per heavy atom. The molecule has 1 aliphatic heterocycles. The lowest BCUT2D eigenvalue weighted by molar-refractivity contribution is -0.275. The Kier molecular flexibility index (Phi) is 5.41. The van der Waals surface area contributed by atoms with Gasteiger partial charge in [0.2, 0.25) is 0 Å². The minimum absolute atomic E-state index is 0.0430. The van der Waals surface area contributed by atoms with Gasteiger partial charge in [-0.2, -0.15) is 0 Å². The van der Waals surface area contributed by atoms with Gasteiger partial charge in [0.15, 0.2) is 11.6 Å². The van der Waals surface area contributed by atoms with E-state index in [2.05, 4.69) is 4.74 Å². The number of amides is 1. The summed E-state index contributed by atoms with van der Waals surface area (Å²) in [6.07, 6.45) is -5.69. The molecule has 1 amide bonds. The average molecular weight is 379 g/mol. The first-order chi connectivity index (χ1) is 11.8. The summed E-state index contributed by atoms with van der Waals surface area (Å²) < 4.78 is 60.4. The molecule has 0 aliphatic carbocycles. The highest BCUT2D eigenvalue weighted by Gasteiger charge is 2.40. The number of carbonyl (C=O) groups excluding carboxylic acids is 1. The third-order valence-electron chi connectivity index (χ3n) is 3.93. The lowest BCUT2D eigenvalue weighted by Crippen LogP contribution is -2.47. The number of benzene rings is 1. The highest BCUT2D eigenvalue weighted by Crippen LogP contribution is 2.38. The minimum Gasteiger partial charge on any atom is -0.444 e. The van der Waals surface area contributed by atoms with Crippen molar-refractivity contribution < 1.29 is 36.9 Å². The van der Waals surface area contributed by atoms with E-state index < -0.39 is 35.2 Å². The molecule has 0 atom stereocenters. The van der Waals surface area contributed by atoms with Gasteiger partial charge < -0.3 is 19.5 Å². The quantitative estimate of drug-likeness (QED) is 0.791. The number of ether oxygens (including phenoxy) is 2. The number of carbonyl (C=O) groups is 1. The summed E-state index contributed by atoms with van der Waals surface area (Å²) >= 11 is 0. The van der Waals surface area contributed by atoms with Crippen LogP contribution in [0.4, 0.5) is 22.4 Å². The van der Waals surface area contributed by atoms with E-state index in [1.807, 2.05) is 0 Å². The molecule has 1 fully saturated rings. The zero-order valence-corrected chi connectivity index (χ0v) is 14.7. The van der Waals surface area contributed by atoms with Crippen LogP contribution in [0.1, 0.15) is 39.2 Å². The van der Waals surface area contributed by atoms with E-state index in [0.29, 0.717) is 0 Å². The molecule has 5 nitrogen and oxygen atoms in total. The van der Waals surface area contributed by atoms with E-state index in [1.54, 1.807) is 20.8 Å². The van der Waals surface area contributed by atoms with Gasteiger partial charge >= 0.3 is 12.5 Å². The van der Waals surface area contributed by atoms with Crippen molar-refractivity contribution in [2.45, 2.75) is 51.2 Å². The van der Waals surface area contributed by atoms with Crippen LogP contribution in [0.2, 0.25) is 0 Å². The molecule has 9 heteroatoms. The molecule has 1 aromatic carbocycles. The second-order valence-corrected chi connectivity index (χ2v) is 7.16. The highest BCUT2D eigenvalue weighted by molar-refractivity contribution is 5.68. The second-order valence-electron chi connectivity index (χ2n) is 7.16. The fraction of sp³-hybridized carbons (Fsp3) is 0.588. The van der Waals surface area contributed by atoms with Gasteiger partial charge in [-0.15, -0.1) is 13.2 Å². The molecule has 1 saturated heterocycles. The van der Waals surface area contributed by atoms with Gasteiger partial charge in [-0.1, -0.05) is 12.1 Å². The van der Waals surface area contributed by atoms with Gasteiger partial charge in [0.25, 0.3) is 0 Å². The summed E-state index contributed by atoms with van der Waals surface area (Å²) in [5.41, 5.74) is -2.67. The van der Waals surface area contributed by atoms with Crippen molar-refractivity contribution in [2.24, 2.45) is 0 Å². The van der Waals surface area contributed by atoms with E-state index in [-0.39, 0.29) is 31.5 Å². The second kappa shape index (κ2) is 6.94. The van der Waals surface area contributed by atoms with Crippen molar-refractivity contribution in [1.82, 2.24) is 4.90 Å². The molecule has 1 N–H and O–H groups in total. The Morgan fingerprint density at radius 1 is 1.19 bits per heavy atom. The Balaban J connectivity index is 2.14. The molecule has 0 unspecified atom stereocenters. The van der Waals surface area contributed by atoms with Crippen molar-refractivity contribution in [3.63, 3.8) is 0 Å². The molecule has 0 radical (unpaired) electrons. The maximum Gasteiger partial charge on any atom is 0.573 e. The summed E-state index contributed by atoms with van der Waals surface area (Å²) in [4.78, 5) is 13.4. The Bertz CT molecular complexity index is 662. The van der Waals surface area contributed by atoms with Gasteiger partial charge in [-0.05, 0) is 39.7 Å². The van der Waals surface area contributed by atoms with Crippen LogP contribution < -0.4 is 4.74 Å². The van der Waals surface area contributed by atoms with Crippen LogP contribution in [0.25, 0.3) is 0 Å². The zero-order chi connectivity index (χ0) is 19.8. The van der Waals surface area contributed by atoms with Crippen molar-refractivity contribution in [3.8, 4) is 5.75 Å². The van der Waals surface area contributed by atoms with Crippen LogP contribution in [-0.4, -0.2) is 41.2 Å². The topological polar surface area (TPSA) is 59.0 Å². The number of nitrogens with zero attached hydrogens (tertiary/aromatic N) is 1. The molecule has 146 valence electrons. The summed E-state index contributed by atoms with van der Waals surface area (Å²) in [6, 6.07) is 3.23. The molecule has 1 aliphatic rings. The molecular formula is C17H21F4NO4. The predicted molar refractivity (Wildman–Crippen MR) is 84.0 cm³/mol. The van der Waals surface area contributed by atoms with Crippen LogP contribution in [-0.2, 0) is 10.3 Å². The SMILES string of the molecule is CC(C)(C)OC(=O)N1CCC(O)(c2cccc(OC(F)(F)F)c2F)CC1. The number of hydrogen-bond acceptors (Lipinski definition) is 4. The first-order valence-corrected chi connectivity index (χ1v) is 8.06. The third kappa shape index (κ3) is 5.00. The lowest BCUT2D eigenvalue weighted by atomic mass is 9.84. The molecule has 1 heterocycles. The van der Waals surface area contributed by atoms with Crippen molar-refractivity contribution >= 4 is 6.09 Å². The van der Waals surface area contributed by atoms with E-state index in [4.69, 9.17) is 4.74 Å². The first kappa shape index (κ1) is 20.3. The van der Waals surface area contributed by atoms with Crippen LogP contribution in [0, 0.1) is 5.82 Å². The minimum atomic E-state index is -5.04. The van der Waals surface area contributed by atoms with Gasteiger partial charge in [0.05, 0.1) is 5.60 Å². The zero-order valence-electron chi connectivity index (χ0n) is 14.7. The highest BCUT2D eigenvalue weighted by atomic mass is 19.4. The normalized spacial score (nSPS) is 17.8. The molecule has 2 rings (SSSR count). The van der Waals surface area contributed by atoms with Crippen LogP contribution in [0.3, 0.4) is 0 Å². The first-order valence-electron chi connectivity index (χ1n) is 8.06. The maximum atomic E-state index is 14.4. The maximum absolute atomic E-state index is 14.4. The fourth-order valence-electron chi connectivity index (χ4n) is 2.73. The predicted octanol–water partition coefficient (Wildman–Crippen LogP) is 3.94. The summed E-state index contributed by atoms with van der Waals surface area (Å²) in [5, 5.41) is 10.7. The van der Waals surface area contributed by atoms with Crippen LogP contribution in [0.15, 0.2) is 18.2 Å². The van der Waals surface area contributed by atoms with Gasteiger partial charge in [-0.3, -0.25) is 0 Å². The largest absolute Gasteiger partial charge is 0.573 e. The number of halogens is 4. The van der Waals surface area contributed by atoms with Gasteiger partial charge in [0, 0.05) is 18.7 Å². The molecule has 0 aromatic heterocycles. The van der Waals surface area contributed by atoms with E-state index in [0.717, 1.165) is 6.07 Å². The van der Waals surface area contributed by atoms with E-state index in [9.17, 15) is 27.5 Å². The van der Waals surface area contributed by atoms with Crippen molar-refractivity contribution in [2.75, 3.05) is 13.1 Å². The lowest BCUT2D eigenvalue weighted by Gasteiger charge is -2.39. The smallest absolute Gasteiger partial charge is 0.444 e. The fourth-order valence-corrected chi connectivity index (χ4v) is 2.73. The number of rotatable bonds is 2. The van der Waals surface area contributed by atoms with Gasteiger partial charge in [0.1, 0.15) is 5.60 Å². The van der Waals surface area contributed by atoms with E-state index in [1.165, 1.54) is 17.0 Å². The molecule has 0 bridgehead atoms. The van der Waals surface area contributed by atoms with Crippen LogP contribution >= 0.6 is 0 Å². The Morgan fingerprint density at radius 2 is 1.77 bits per heavy atom. The standard InChI is InChI=1S/C17H21F4NO4/c1-15(2,3)26-14(23)22-9-7-16(24,8-10-22)11-5-4-6-12(13(11)18)25-17(19,20)21/h4-6,24H,7-10H2,1-3H3. The number of alkyl halides is 3. The average Bonchev–Trinajstić information content (AvgIpc) is 2.47. The van der Waals surface area contributed by atoms with Gasteiger partial charge in [-0.25, -0.2) is 9.18 Å². The molecule has 0 spiro atoms. The summed E-state index contributed by atoms with van der Waals surface area (Å²) in [6.45, 7) is 5.30. The third-order valence-corrected chi connectivity index (χ3v) is 3.93. The van der Waals surface area contributed by atoms with Crippen LogP contribution in [0.5, 0.6) is 5.75 Å². The number of piperidine rings is 1. The van der Waals surface area contributed by atoms with E-state index >= 15 is 0 Å². The summed E-state index contributed by atoms with van der Waals surface area (Å²) in [5.74, 6) is -2.27. The molecule has 0 saturated carbocycles. The number of hydrogen-bond donors (Lipinski definition) is 1. The summed E-state index contributed by atoms with van der Waals surface area (Å²) in [7, 11) is 0. The molecule has 1 aromatic rings. The Hall–Kier alpha value is -2.03. The Labute approximate surface area is 148 Å². The van der Waals surface area contributed by atoms with Crippen molar-refractivity contribution in [3.05, 3.63) is 29.6 Å².